The first-order valence-electron chi connectivity index (χ1n) is 8.71. The molecule has 0 saturated carbocycles. The Morgan fingerprint density at radius 1 is 1.16 bits per heavy atom. The molecule has 0 heterocycles. The minimum absolute atomic E-state index is 0.0688. The van der Waals surface area contributed by atoms with Crippen molar-refractivity contribution in [1.82, 2.24) is 5.32 Å². The van der Waals surface area contributed by atoms with Crippen molar-refractivity contribution in [1.29, 1.82) is 0 Å². The summed E-state index contributed by atoms with van der Waals surface area (Å²) in [5.41, 5.74) is 2.54. The number of aryl methyl sites for hydroxylation is 1. The quantitative estimate of drug-likeness (QED) is 0.769. The summed E-state index contributed by atoms with van der Waals surface area (Å²) in [5, 5.41) is 3.02. The van der Waals surface area contributed by atoms with Crippen molar-refractivity contribution in [3.8, 4) is 11.5 Å². The standard InChI is InChI=1S/C21H27NO3/c1-5-8-16(3)22-21(23)17-11-12-20(24-4)18(13-17)14-25-19-10-7-6-9-15(19)2/h6-7,9-13,16H,5,8,14H2,1-4H3,(H,22,23). The van der Waals surface area contributed by atoms with Crippen molar-refractivity contribution in [3.63, 3.8) is 0 Å². The second-order valence-corrected chi connectivity index (χ2v) is 6.24. The lowest BCUT2D eigenvalue weighted by Gasteiger charge is -2.15. The van der Waals surface area contributed by atoms with Crippen LogP contribution in [0.15, 0.2) is 42.5 Å². The van der Waals surface area contributed by atoms with E-state index >= 15 is 0 Å². The summed E-state index contributed by atoms with van der Waals surface area (Å²) in [6.07, 6.45) is 2.00. The molecule has 0 aromatic heterocycles. The van der Waals surface area contributed by atoms with E-state index < -0.39 is 0 Å². The fourth-order valence-corrected chi connectivity index (χ4v) is 2.72. The summed E-state index contributed by atoms with van der Waals surface area (Å²) in [6, 6.07) is 13.5. The number of methoxy groups -OCH3 is 1. The van der Waals surface area contributed by atoms with Gasteiger partial charge in [-0.15, -0.1) is 0 Å². The summed E-state index contributed by atoms with van der Waals surface area (Å²) in [4.78, 5) is 12.4. The van der Waals surface area contributed by atoms with Crippen LogP contribution in [0.25, 0.3) is 0 Å². The monoisotopic (exact) mass is 341 g/mol. The van der Waals surface area contributed by atoms with Crippen LogP contribution < -0.4 is 14.8 Å². The fraction of sp³-hybridized carbons (Fsp3) is 0.381. The molecule has 2 rings (SSSR count). The third-order valence-electron chi connectivity index (χ3n) is 4.12. The molecule has 0 radical (unpaired) electrons. The highest BCUT2D eigenvalue weighted by molar-refractivity contribution is 5.94. The van der Waals surface area contributed by atoms with Crippen LogP contribution in [-0.2, 0) is 6.61 Å². The number of para-hydroxylation sites is 1. The predicted octanol–water partition coefficient (Wildman–Crippen LogP) is 4.50. The Hall–Kier alpha value is -2.49. The summed E-state index contributed by atoms with van der Waals surface area (Å²) >= 11 is 0. The smallest absolute Gasteiger partial charge is 0.251 e. The van der Waals surface area contributed by atoms with E-state index in [1.165, 1.54) is 0 Å². The average molecular weight is 341 g/mol. The minimum Gasteiger partial charge on any atom is -0.496 e. The van der Waals surface area contributed by atoms with E-state index in [2.05, 4.69) is 12.2 Å². The zero-order chi connectivity index (χ0) is 18.2. The zero-order valence-electron chi connectivity index (χ0n) is 15.5. The highest BCUT2D eigenvalue weighted by Crippen LogP contribution is 2.24. The van der Waals surface area contributed by atoms with Gasteiger partial charge in [-0.1, -0.05) is 31.5 Å². The summed E-state index contributed by atoms with van der Waals surface area (Å²) in [5.74, 6) is 1.48. The molecular formula is C21H27NO3. The molecule has 0 bridgehead atoms. The third-order valence-corrected chi connectivity index (χ3v) is 4.12. The molecule has 2 aromatic rings. The van der Waals surface area contributed by atoms with E-state index in [1.807, 2.05) is 50.2 Å². The number of hydrogen-bond donors (Lipinski definition) is 1. The van der Waals surface area contributed by atoms with Crippen LogP contribution in [0.5, 0.6) is 11.5 Å². The Bertz CT molecular complexity index is 712. The molecule has 0 aliphatic carbocycles. The molecule has 0 fully saturated rings. The second-order valence-electron chi connectivity index (χ2n) is 6.24. The van der Waals surface area contributed by atoms with Crippen molar-refractivity contribution in [2.24, 2.45) is 0 Å². The van der Waals surface area contributed by atoms with Gasteiger partial charge in [0.05, 0.1) is 7.11 Å². The third kappa shape index (κ3) is 5.24. The average Bonchev–Trinajstić information content (AvgIpc) is 2.61. The van der Waals surface area contributed by atoms with Gasteiger partial charge in [0.2, 0.25) is 0 Å². The number of hydrogen-bond acceptors (Lipinski definition) is 3. The molecule has 2 aromatic carbocycles. The van der Waals surface area contributed by atoms with Gasteiger partial charge in [0.25, 0.3) is 5.91 Å². The van der Waals surface area contributed by atoms with Gasteiger partial charge >= 0.3 is 0 Å². The van der Waals surface area contributed by atoms with Crippen LogP contribution in [-0.4, -0.2) is 19.1 Å². The molecule has 1 unspecified atom stereocenters. The fourth-order valence-electron chi connectivity index (χ4n) is 2.72. The van der Waals surface area contributed by atoms with Gasteiger partial charge in [0, 0.05) is 17.2 Å². The highest BCUT2D eigenvalue weighted by atomic mass is 16.5. The van der Waals surface area contributed by atoms with Crippen molar-refractivity contribution < 1.29 is 14.3 Å². The van der Waals surface area contributed by atoms with E-state index in [4.69, 9.17) is 9.47 Å². The SMILES string of the molecule is CCCC(C)NC(=O)c1ccc(OC)c(COc2ccccc2C)c1. The lowest BCUT2D eigenvalue weighted by atomic mass is 10.1. The maximum atomic E-state index is 12.4. The molecule has 25 heavy (non-hydrogen) atoms. The molecule has 1 N–H and O–H groups in total. The first-order valence-corrected chi connectivity index (χ1v) is 8.71. The highest BCUT2D eigenvalue weighted by Gasteiger charge is 2.13. The Labute approximate surface area is 150 Å². The summed E-state index contributed by atoms with van der Waals surface area (Å²) in [7, 11) is 1.62. The molecule has 1 atom stereocenters. The van der Waals surface area contributed by atoms with Crippen LogP contribution in [0.4, 0.5) is 0 Å². The molecule has 4 heteroatoms. The van der Waals surface area contributed by atoms with Crippen molar-refractivity contribution in [2.45, 2.75) is 46.3 Å². The van der Waals surface area contributed by atoms with Gasteiger partial charge in [-0.3, -0.25) is 4.79 Å². The van der Waals surface area contributed by atoms with Gasteiger partial charge in [-0.25, -0.2) is 0 Å². The lowest BCUT2D eigenvalue weighted by molar-refractivity contribution is 0.0938. The van der Waals surface area contributed by atoms with E-state index in [9.17, 15) is 4.79 Å². The number of carbonyl (C=O) groups excluding carboxylic acids is 1. The molecule has 4 nitrogen and oxygen atoms in total. The first kappa shape index (κ1) is 18.8. The molecule has 1 amide bonds. The van der Waals surface area contributed by atoms with Crippen molar-refractivity contribution >= 4 is 5.91 Å². The van der Waals surface area contributed by atoms with Crippen molar-refractivity contribution in [3.05, 3.63) is 59.2 Å². The maximum absolute atomic E-state index is 12.4. The largest absolute Gasteiger partial charge is 0.496 e. The van der Waals surface area contributed by atoms with E-state index in [0.717, 1.165) is 29.7 Å². The predicted molar refractivity (Wildman–Crippen MR) is 100 cm³/mol. The summed E-state index contributed by atoms with van der Waals surface area (Å²) < 4.78 is 11.3. The topological polar surface area (TPSA) is 47.6 Å². The van der Waals surface area contributed by atoms with Gasteiger partial charge in [-0.05, 0) is 50.1 Å². The van der Waals surface area contributed by atoms with E-state index in [-0.39, 0.29) is 11.9 Å². The number of benzene rings is 2. The summed E-state index contributed by atoms with van der Waals surface area (Å²) in [6.45, 7) is 6.48. The Morgan fingerprint density at radius 3 is 2.60 bits per heavy atom. The van der Waals surface area contributed by atoms with Crippen LogP contribution in [0.2, 0.25) is 0 Å². The molecule has 134 valence electrons. The minimum atomic E-state index is -0.0688. The van der Waals surface area contributed by atoms with Gasteiger partial charge in [0.15, 0.2) is 0 Å². The molecular weight excluding hydrogens is 314 g/mol. The van der Waals surface area contributed by atoms with Gasteiger partial charge < -0.3 is 14.8 Å². The molecule has 0 saturated heterocycles. The number of ether oxygens (including phenoxy) is 2. The van der Waals surface area contributed by atoms with E-state index in [1.54, 1.807) is 13.2 Å². The molecule has 0 spiro atoms. The van der Waals surface area contributed by atoms with E-state index in [0.29, 0.717) is 17.9 Å². The second kappa shape index (κ2) is 9.11. The number of nitrogens with one attached hydrogen (secondary N) is 1. The van der Waals surface area contributed by atoms with Crippen LogP contribution in [0.3, 0.4) is 0 Å². The Kier molecular flexibility index (Phi) is 6.87. The Balaban J connectivity index is 2.13. The van der Waals surface area contributed by atoms with Crippen LogP contribution in [0, 0.1) is 6.92 Å². The lowest BCUT2D eigenvalue weighted by Crippen LogP contribution is -2.32. The maximum Gasteiger partial charge on any atom is 0.251 e. The Morgan fingerprint density at radius 2 is 1.92 bits per heavy atom. The molecule has 0 aliphatic rings. The van der Waals surface area contributed by atoms with Crippen molar-refractivity contribution in [2.75, 3.05) is 7.11 Å². The first-order chi connectivity index (χ1) is 12.0. The van der Waals surface area contributed by atoms with Crippen LogP contribution in [0.1, 0.15) is 48.2 Å². The number of amides is 1. The normalized spacial score (nSPS) is 11.7. The molecule has 0 aliphatic heterocycles. The number of carbonyl (C=O) groups is 1. The number of rotatable bonds is 8. The zero-order valence-corrected chi connectivity index (χ0v) is 15.5. The van der Waals surface area contributed by atoms with Gasteiger partial charge in [-0.2, -0.15) is 0 Å². The van der Waals surface area contributed by atoms with Crippen LogP contribution >= 0.6 is 0 Å². The van der Waals surface area contributed by atoms with Gasteiger partial charge in [0.1, 0.15) is 18.1 Å².